The molecule has 2 heterocycles. The van der Waals surface area contributed by atoms with Gasteiger partial charge in [0.2, 0.25) is 11.8 Å². The van der Waals surface area contributed by atoms with E-state index >= 15 is 0 Å². The number of carbonyl (C=O) groups is 2. The predicted octanol–water partition coefficient (Wildman–Crippen LogP) is 3.10. The second-order valence-electron chi connectivity index (χ2n) is 7.42. The number of hydrogen-bond donors (Lipinski definition) is 1. The third kappa shape index (κ3) is 3.00. The van der Waals surface area contributed by atoms with Crippen LogP contribution >= 0.6 is 0 Å². The van der Waals surface area contributed by atoms with Crippen LogP contribution in [0.4, 0.5) is 0 Å². The average molecular weight is 348 g/mol. The molecule has 1 N–H and O–H groups in total. The quantitative estimate of drug-likeness (QED) is 0.927. The maximum Gasteiger partial charge on any atom is 0.246 e. The van der Waals surface area contributed by atoms with E-state index in [9.17, 15) is 9.59 Å². The zero-order chi connectivity index (χ0) is 18.1. The maximum absolute atomic E-state index is 13.4. The van der Waals surface area contributed by atoms with Crippen molar-refractivity contribution in [1.82, 2.24) is 10.2 Å². The topological polar surface area (TPSA) is 49.4 Å². The number of rotatable bonds is 3. The molecule has 2 aromatic carbocycles. The highest BCUT2D eigenvalue weighted by molar-refractivity contribution is 5.97. The van der Waals surface area contributed by atoms with Crippen LogP contribution in [0.25, 0.3) is 0 Å². The minimum absolute atomic E-state index is 0.0154. The summed E-state index contributed by atoms with van der Waals surface area (Å²) >= 11 is 0. The van der Waals surface area contributed by atoms with Gasteiger partial charge in [0.1, 0.15) is 12.1 Å². The number of nitrogens with one attached hydrogen (secondary N) is 1. The highest BCUT2D eigenvalue weighted by Gasteiger charge is 2.47. The molecule has 0 aliphatic carbocycles. The van der Waals surface area contributed by atoms with Crippen molar-refractivity contribution in [3.05, 3.63) is 71.8 Å². The number of hydrogen-bond acceptors (Lipinski definition) is 2. The molecule has 0 aromatic heterocycles. The van der Waals surface area contributed by atoms with E-state index < -0.39 is 6.04 Å². The molecule has 0 bridgehead atoms. The van der Waals surface area contributed by atoms with E-state index in [-0.39, 0.29) is 23.9 Å². The van der Waals surface area contributed by atoms with Crippen molar-refractivity contribution < 1.29 is 9.59 Å². The summed E-state index contributed by atoms with van der Waals surface area (Å²) in [4.78, 5) is 28.0. The molecule has 26 heavy (non-hydrogen) atoms. The van der Waals surface area contributed by atoms with Gasteiger partial charge in [-0.1, -0.05) is 67.6 Å². The first-order chi connectivity index (χ1) is 12.6. The van der Waals surface area contributed by atoms with E-state index in [1.165, 1.54) is 0 Å². The van der Waals surface area contributed by atoms with Crippen LogP contribution in [0.5, 0.6) is 0 Å². The molecule has 0 radical (unpaired) electrons. The highest BCUT2D eigenvalue weighted by Crippen LogP contribution is 2.40. The summed E-state index contributed by atoms with van der Waals surface area (Å²) in [6.07, 6.45) is 2.22. The van der Waals surface area contributed by atoms with Crippen molar-refractivity contribution in [2.24, 2.45) is 5.92 Å². The molecule has 2 aliphatic rings. The molecule has 4 rings (SSSR count). The Bertz CT molecular complexity index is 790. The molecule has 0 unspecified atom stereocenters. The van der Waals surface area contributed by atoms with E-state index in [1.54, 1.807) is 0 Å². The van der Waals surface area contributed by atoms with Crippen LogP contribution in [-0.2, 0) is 16.0 Å². The fourth-order valence-electron chi connectivity index (χ4n) is 4.37. The summed E-state index contributed by atoms with van der Waals surface area (Å²) in [6.45, 7) is 2.18. The van der Waals surface area contributed by atoms with Gasteiger partial charge in [-0.05, 0) is 29.9 Å². The first kappa shape index (κ1) is 16.8. The smallest absolute Gasteiger partial charge is 0.246 e. The lowest BCUT2D eigenvalue weighted by molar-refractivity contribution is -0.157. The molecule has 2 saturated heterocycles. The number of fused-ring (bicyclic) bond motifs is 1. The van der Waals surface area contributed by atoms with Gasteiger partial charge in [0.05, 0.1) is 6.04 Å². The lowest BCUT2D eigenvalue weighted by atomic mass is 9.80. The summed E-state index contributed by atoms with van der Waals surface area (Å²) in [5.74, 6) is 0.359. The fraction of sp³-hybridized carbons (Fsp3) is 0.364. The SMILES string of the molecule is C[C@H]1CC[C@H]2C(=O)N[C@H](Cc3ccccc3)C(=O)N2[C@H]1c1ccccc1. The monoisotopic (exact) mass is 348 g/mol. The van der Waals surface area contributed by atoms with Crippen LogP contribution in [0.2, 0.25) is 0 Å². The zero-order valence-corrected chi connectivity index (χ0v) is 15.0. The zero-order valence-electron chi connectivity index (χ0n) is 15.0. The maximum atomic E-state index is 13.4. The summed E-state index contributed by atoms with van der Waals surface area (Å²) in [5, 5.41) is 2.97. The first-order valence-electron chi connectivity index (χ1n) is 9.36. The summed E-state index contributed by atoms with van der Waals surface area (Å²) < 4.78 is 0. The molecule has 4 nitrogen and oxygen atoms in total. The molecule has 2 fully saturated rings. The van der Waals surface area contributed by atoms with Crippen LogP contribution in [0.3, 0.4) is 0 Å². The van der Waals surface area contributed by atoms with E-state index in [0.717, 1.165) is 24.0 Å². The summed E-state index contributed by atoms with van der Waals surface area (Å²) in [6, 6.07) is 19.1. The van der Waals surface area contributed by atoms with Gasteiger partial charge in [0, 0.05) is 6.42 Å². The molecule has 0 spiro atoms. The predicted molar refractivity (Wildman–Crippen MR) is 100 cm³/mol. The van der Waals surface area contributed by atoms with Gasteiger partial charge in [0.15, 0.2) is 0 Å². The molecule has 0 saturated carbocycles. The highest BCUT2D eigenvalue weighted by atomic mass is 16.2. The fourth-order valence-corrected chi connectivity index (χ4v) is 4.37. The van der Waals surface area contributed by atoms with Gasteiger partial charge in [-0.3, -0.25) is 9.59 Å². The van der Waals surface area contributed by atoms with Gasteiger partial charge in [0.25, 0.3) is 0 Å². The Morgan fingerprint density at radius 3 is 2.31 bits per heavy atom. The Morgan fingerprint density at radius 1 is 0.962 bits per heavy atom. The lowest BCUT2D eigenvalue weighted by Gasteiger charge is -2.49. The Hall–Kier alpha value is -2.62. The second-order valence-corrected chi connectivity index (χ2v) is 7.42. The summed E-state index contributed by atoms with van der Waals surface area (Å²) in [7, 11) is 0. The molecule has 134 valence electrons. The number of piperazine rings is 1. The summed E-state index contributed by atoms with van der Waals surface area (Å²) in [5.41, 5.74) is 2.18. The van der Waals surface area contributed by atoms with Crippen molar-refractivity contribution in [1.29, 1.82) is 0 Å². The molecule has 4 atom stereocenters. The van der Waals surface area contributed by atoms with E-state index in [0.29, 0.717) is 12.3 Å². The standard InChI is InChI=1S/C22H24N2O2/c1-15-12-13-19-21(25)23-18(14-16-8-4-2-5-9-16)22(26)24(19)20(15)17-10-6-3-7-11-17/h2-11,15,18-20H,12-14H2,1H3,(H,23,25)/t15-,18+,19-,20+/m0/s1. The Labute approximate surface area is 154 Å². The van der Waals surface area contributed by atoms with E-state index in [2.05, 4.69) is 24.4 Å². The van der Waals surface area contributed by atoms with E-state index in [4.69, 9.17) is 0 Å². The average Bonchev–Trinajstić information content (AvgIpc) is 2.67. The Kier molecular flexibility index (Phi) is 4.49. The third-order valence-corrected chi connectivity index (χ3v) is 5.67. The van der Waals surface area contributed by atoms with Crippen LogP contribution in [0, 0.1) is 5.92 Å². The Morgan fingerprint density at radius 2 is 1.62 bits per heavy atom. The van der Waals surface area contributed by atoms with Crippen molar-refractivity contribution in [3.8, 4) is 0 Å². The molecular weight excluding hydrogens is 324 g/mol. The number of piperidine rings is 1. The lowest BCUT2D eigenvalue weighted by Crippen LogP contribution is -2.66. The van der Waals surface area contributed by atoms with Crippen LogP contribution in [-0.4, -0.2) is 28.8 Å². The van der Waals surface area contributed by atoms with Crippen molar-refractivity contribution in [2.75, 3.05) is 0 Å². The molecule has 2 aromatic rings. The van der Waals surface area contributed by atoms with Gasteiger partial charge >= 0.3 is 0 Å². The first-order valence-corrected chi connectivity index (χ1v) is 9.36. The number of benzene rings is 2. The Balaban J connectivity index is 1.66. The van der Waals surface area contributed by atoms with Crippen molar-refractivity contribution in [3.63, 3.8) is 0 Å². The normalized spacial score (nSPS) is 28.4. The van der Waals surface area contributed by atoms with Crippen LogP contribution in [0.15, 0.2) is 60.7 Å². The molecule has 4 heteroatoms. The van der Waals surface area contributed by atoms with Crippen molar-refractivity contribution >= 4 is 11.8 Å². The minimum Gasteiger partial charge on any atom is -0.342 e. The van der Waals surface area contributed by atoms with E-state index in [1.807, 2.05) is 53.4 Å². The van der Waals surface area contributed by atoms with Gasteiger partial charge in [-0.25, -0.2) is 0 Å². The van der Waals surface area contributed by atoms with Gasteiger partial charge in [-0.2, -0.15) is 0 Å². The van der Waals surface area contributed by atoms with Crippen LogP contribution in [0.1, 0.15) is 36.9 Å². The van der Waals surface area contributed by atoms with Gasteiger partial charge < -0.3 is 10.2 Å². The minimum atomic E-state index is -0.488. The van der Waals surface area contributed by atoms with Crippen LogP contribution < -0.4 is 5.32 Å². The number of amides is 2. The molecular formula is C22H24N2O2. The van der Waals surface area contributed by atoms with Crippen molar-refractivity contribution in [2.45, 2.75) is 44.3 Å². The second kappa shape index (κ2) is 6.94. The van der Waals surface area contributed by atoms with Gasteiger partial charge in [-0.15, -0.1) is 0 Å². The number of carbonyl (C=O) groups excluding carboxylic acids is 2. The molecule has 2 amide bonds. The number of nitrogens with zero attached hydrogens (tertiary/aromatic N) is 1. The molecule has 2 aliphatic heterocycles. The third-order valence-electron chi connectivity index (χ3n) is 5.67. The largest absolute Gasteiger partial charge is 0.342 e.